The summed E-state index contributed by atoms with van der Waals surface area (Å²) in [5.74, 6) is 1.90. The van der Waals surface area contributed by atoms with E-state index in [4.69, 9.17) is 9.72 Å². The quantitative estimate of drug-likeness (QED) is 0.665. The molecule has 0 spiro atoms. The highest BCUT2D eigenvalue weighted by molar-refractivity contribution is 5.72. The Kier molecular flexibility index (Phi) is 2.39. The number of benzene rings is 2. The molecule has 3 aromatic rings. The highest BCUT2D eigenvalue weighted by Crippen LogP contribution is 2.37. The molecule has 3 heteroatoms. The van der Waals surface area contributed by atoms with Crippen molar-refractivity contribution in [3.8, 4) is 28.4 Å². The maximum atomic E-state index is 5.85. The van der Waals surface area contributed by atoms with E-state index in [0.717, 1.165) is 28.5 Å². The molecule has 0 unspecified atom stereocenters. The monoisotopic (exact) mass is 262 g/mol. The summed E-state index contributed by atoms with van der Waals surface area (Å²) in [6.45, 7) is 2.56. The number of imidazole rings is 1. The highest BCUT2D eigenvalue weighted by Gasteiger charge is 2.23. The Balaban J connectivity index is 1.97. The molecule has 3 nitrogen and oxygen atoms in total. The standard InChI is InChI=1S/C17H14N2O/c1-12-16(13-7-3-2-4-8-13)19-11-20-15-10-6-5-9-14(15)17(19)18-12/h2-10H,11H2,1H3. The summed E-state index contributed by atoms with van der Waals surface area (Å²) in [5.41, 5.74) is 4.40. The first-order chi connectivity index (χ1) is 9.84. The minimum atomic E-state index is 0.511. The molecule has 98 valence electrons. The molecule has 1 aliphatic rings. The average molecular weight is 262 g/mol. The van der Waals surface area contributed by atoms with Crippen LogP contribution in [0.25, 0.3) is 22.6 Å². The lowest BCUT2D eigenvalue weighted by Crippen LogP contribution is -2.13. The summed E-state index contributed by atoms with van der Waals surface area (Å²) in [4.78, 5) is 4.75. The van der Waals surface area contributed by atoms with Gasteiger partial charge in [0.2, 0.25) is 0 Å². The molecule has 0 amide bonds. The number of aromatic nitrogens is 2. The number of para-hydroxylation sites is 1. The minimum Gasteiger partial charge on any atom is -0.472 e. The molecule has 0 fully saturated rings. The van der Waals surface area contributed by atoms with Crippen molar-refractivity contribution in [2.45, 2.75) is 13.7 Å². The van der Waals surface area contributed by atoms with Gasteiger partial charge >= 0.3 is 0 Å². The fraction of sp³-hybridized carbons (Fsp3) is 0.118. The van der Waals surface area contributed by atoms with E-state index in [0.29, 0.717) is 6.73 Å². The lowest BCUT2D eigenvalue weighted by atomic mass is 10.1. The Labute approximate surface area is 117 Å². The van der Waals surface area contributed by atoms with E-state index < -0.39 is 0 Å². The normalized spacial score (nSPS) is 12.4. The third kappa shape index (κ3) is 1.56. The van der Waals surface area contributed by atoms with E-state index >= 15 is 0 Å². The maximum absolute atomic E-state index is 5.85. The van der Waals surface area contributed by atoms with Crippen LogP contribution in [0.15, 0.2) is 54.6 Å². The van der Waals surface area contributed by atoms with Crippen LogP contribution in [-0.4, -0.2) is 9.55 Å². The van der Waals surface area contributed by atoms with Gasteiger partial charge in [-0.2, -0.15) is 0 Å². The molecular weight excluding hydrogens is 248 g/mol. The number of fused-ring (bicyclic) bond motifs is 3. The molecule has 0 bridgehead atoms. The van der Waals surface area contributed by atoms with Crippen molar-refractivity contribution in [3.05, 3.63) is 60.3 Å². The van der Waals surface area contributed by atoms with Gasteiger partial charge in [0, 0.05) is 5.56 Å². The van der Waals surface area contributed by atoms with Crippen LogP contribution in [0.1, 0.15) is 5.69 Å². The van der Waals surface area contributed by atoms with E-state index in [1.54, 1.807) is 0 Å². The number of nitrogens with zero attached hydrogens (tertiary/aromatic N) is 2. The van der Waals surface area contributed by atoms with Gasteiger partial charge < -0.3 is 4.74 Å². The smallest absolute Gasteiger partial charge is 0.167 e. The zero-order valence-electron chi connectivity index (χ0n) is 11.2. The van der Waals surface area contributed by atoms with Gasteiger partial charge in [0.25, 0.3) is 0 Å². The van der Waals surface area contributed by atoms with Gasteiger partial charge in [0.1, 0.15) is 11.6 Å². The second-order valence-corrected chi connectivity index (χ2v) is 4.93. The summed E-state index contributed by atoms with van der Waals surface area (Å²) in [6, 6.07) is 18.4. The largest absolute Gasteiger partial charge is 0.472 e. The molecule has 2 heterocycles. The van der Waals surface area contributed by atoms with Crippen molar-refractivity contribution < 1.29 is 4.74 Å². The topological polar surface area (TPSA) is 27.1 Å². The summed E-state index contributed by atoms with van der Waals surface area (Å²) >= 11 is 0. The molecule has 0 N–H and O–H groups in total. The van der Waals surface area contributed by atoms with Gasteiger partial charge in [-0.3, -0.25) is 4.57 Å². The molecular formula is C17H14N2O. The van der Waals surface area contributed by atoms with Gasteiger partial charge in [-0.05, 0) is 19.1 Å². The number of hydrogen-bond acceptors (Lipinski definition) is 2. The van der Waals surface area contributed by atoms with Crippen molar-refractivity contribution in [2.75, 3.05) is 0 Å². The molecule has 1 aliphatic heterocycles. The predicted molar refractivity (Wildman–Crippen MR) is 78.5 cm³/mol. The van der Waals surface area contributed by atoms with Crippen LogP contribution >= 0.6 is 0 Å². The van der Waals surface area contributed by atoms with E-state index in [1.165, 1.54) is 5.56 Å². The van der Waals surface area contributed by atoms with Crippen molar-refractivity contribution in [1.82, 2.24) is 9.55 Å². The molecule has 0 saturated heterocycles. The van der Waals surface area contributed by atoms with Gasteiger partial charge in [0.15, 0.2) is 6.73 Å². The number of rotatable bonds is 1. The molecule has 0 radical (unpaired) electrons. The fourth-order valence-electron chi connectivity index (χ4n) is 2.78. The number of aryl methyl sites for hydroxylation is 1. The third-order valence-corrected chi connectivity index (χ3v) is 3.67. The molecule has 4 rings (SSSR count). The highest BCUT2D eigenvalue weighted by atomic mass is 16.5. The van der Waals surface area contributed by atoms with E-state index in [9.17, 15) is 0 Å². The summed E-state index contributed by atoms with van der Waals surface area (Å²) in [5, 5.41) is 0. The Morgan fingerprint density at radius 1 is 1.00 bits per heavy atom. The Bertz CT molecular complexity index is 775. The van der Waals surface area contributed by atoms with Crippen molar-refractivity contribution in [2.24, 2.45) is 0 Å². The van der Waals surface area contributed by atoms with Crippen LogP contribution in [-0.2, 0) is 6.73 Å². The predicted octanol–water partition coefficient (Wildman–Crippen LogP) is 3.88. The first-order valence-electron chi connectivity index (χ1n) is 6.69. The van der Waals surface area contributed by atoms with Crippen LogP contribution in [0.3, 0.4) is 0 Å². The third-order valence-electron chi connectivity index (χ3n) is 3.67. The van der Waals surface area contributed by atoms with Crippen LogP contribution in [0.2, 0.25) is 0 Å². The van der Waals surface area contributed by atoms with E-state index in [2.05, 4.69) is 29.7 Å². The fourth-order valence-corrected chi connectivity index (χ4v) is 2.78. The van der Waals surface area contributed by atoms with Crippen LogP contribution in [0.4, 0.5) is 0 Å². The van der Waals surface area contributed by atoms with Gasteiger partial charge in [-0.25, -0.2) is 4.98 Å². The maximum Gasteiger partial charge on any atom is 0.167 e. The lowest BCUT2D eigenvalue weighted by molar-refractivity contribution is 0.231. The molecule has 0 saturated carbocycles. The van der Waals surface area contributed by atoms with Gasteiger partial charge in [-0.1, -0.05) is 42.5 Å². The number of ether oxygens (including phenoxy) is 1. The van der Waals surface area contributed by atoms with Gasteiger partial charge in [0.05, 0.1) is 17.0 Å². The Morgan fingerprint density at radius 3 is 2.60 bits per heavy atom. The van der Waals surface area contributed by atoms with Crippen LogP contribution < -0.4 is 4.74 Å². The molecule has 0 aliphatic carbocycles. The average Bonchev–Trinajstić information content (AvgIpc) is 2.84. The summed E-state index contributed by atoms with van der Waals surface area (Å²) < 4.78 is 7.99. The zero-order chi connectivity index (χ0) is 13.5. The first-order valence-corrected chi connectivity index (χ1v) is 6.69. The Morgan fingerprint density at radius 2 is 1.75 bits per heavy atom. The molecule has 1 aromatic heterocycles. The molecule has 2 aromatic carbocycles. The second-order valence-electron chi connectivity index (χ2n) is 4.93. The van der Waals surface area contributed by atoms with E-state index in [-0.39, 0.29) is 0 Å². The van der Waals surface area contributed by atoms with Crippen molar-refractivity contribution in [3.63, 3.8) is 0 Å². The Hall–Kier alpha value is -2.55. The summed E-state index contributed by atoms with van der Waals surface area (Å²) in [6.07, 6.45) is 0. The van der Waals surface area contributed by atoms with Gasteiger partial charge in [-0.15, -0.1) is 0 Å². The SMILES string of the molecule is Cc1nc2n(c1-c1ccccc1)COc1ccccc1-2. The number of hydrogen-bond donors (Lipinski definition) is 0. The van der Waals surface area contributed by atoms with Crippen molar-refractivity contribution in [1.29, 1.82) is 0 Å². The minimum absolute atomic E-state index is 0.511. The second kappa shape index (κ2) is 4.23. The zero-order valence-corrected chi connectivity index (χ0v) is 11.2. The van der Waals surface area contributed by atoms with Crippen LogP contribution in [0.5, 0.6) is 5.75 Å². The molecule has 0 atom stereocenters. The lowest BCUT2D eigenvalue weighted by Gasteiger charge is -2.20. The van der Waals surface area contributed by atoms with Crippen LogP contribution in [0, 0.1) is 6.92 Å². The summed E-state index contributed by atoms with van der Waals surface area (Å²) in [7, 11) is 0. The van der Waals surface area contributed by atoms with E-state index in [1.807, 2.05) is 36.4 Å². The van der Waals surface area contributed by atoms with Crippen molar-refractivity contribution >= 4 is 0 Å². The first kappa shape index (κ1) is 11.3. The molecule has 20 heavy (non-hydrogen) atoms.